The van der Waals surface area contributed by atoms with Crippen molar-refractivity contribution in [2.75, 3.05) is 0 Å². The van der Waals surface area contributed by atoms with Crippen molar-refractivity contribution in [3.8, 4) is 6.07 Å². The summed E-state index contributed by atoms with van der Waals surface area (Å²) >= 11 is 0. The van der Waals surface area contributed by atoms with Crippen LogP contribution in [0.4, 0.5) is 0 Å². The molecule has 0 N–H and O–H groups in total. The van der Waals surface area contributed by atoms with Crippen molar-refractivity contribution >= 4 is 0 Å². The Balaban J connectivity index is 1.69. The van der Waals surface area contributed by atoms with Crippen molar-refractivity contribution in [2.45, 2.75) is 30.5 Å². The maximum absolute atomic E-state index is 8.69. The number of benzene rings is 1. The van der Waals surface area contributed by atoms with Gasteiger partial charge in [0.25, 0.3) is 0 Å². The molecule has 1 heterocycles. The maximum Gasteiger partial charge on any atom is 0.173 e. The van der Waals surface area contributed by atoms with E-state index in [1.165, 1.54) is 5.56 Å². The topological polar surface area (TPSA) is 36.3 Å². The fraction of sp³-hybridized carbons (Fsp3) is 0.417. The minimum absolute atomic E-state index is 0.0464. The van der Waals surface area contributed by atoms with E-state index in [1.807, 2.05) is 6.07 Å². The molecule has 0 aromatic heterocycles. The molecule has 1 aromatic rings. The zero-order chi connectivity index (χ0) is 9.60. The minimum Gasteiger partial charge on any atom is -0.350 e. The van der Waals surface area contributed by atoms with Gasteiger partial charge in [0.15, 0.2) is 6.10 Å². The van der Waals surface area contributed by atoms with Gasteiger partial charge in [-0.1, -0.05) is 30.3 Å². The van der Waals surface area contributed by atoms with Crippen LogP contribution in [0.2, 0.25) is 0 Å². The average Bonchev–Trinajstić information content (AvgIpc) is 2.91. The van der Waals surface area contributed by atoms with Crippen molar-refractivity contribution in [1.82, 2.24) is 0 Å². The SMILES string of the molecule is N#CC1OC12CC(c1ccccc1)C2. The summed E-state index contributed by atoms with van der Waals surface area (Å²) in [4.78, 5) is 0. The van der Waals surface area contributed by atoms with E-state index < -0.39 is 0 Å². The van der Waals surface area contributed by atoms with E-state index in [0.717, 1.165) is 12.8 Å². The summed E-state index contributed by atoms with van der Waals surface area (Å²) in [5.41, 5.74) is 1.33. The van der Waals surface area contributed by atoms with Crippen molar-refractivity contribution in [1.29, 1.82) is 5.26 Å². The quantitative estimate of drug-likeness (QED) is 0.629. The number of nitriles is 1. The lowest BCUT2D eigenvalue weighted by atomic mass is 9.69. The van der Waals surface area contributed by atoms with E-state index >= 15 is 0 Å². The molecule has 2 nitrogen and oxygen atoms in total. The molecule has 0 amide bonds. The molecular weight excluding hydrogens is 174 g/mol. The second-order valence-corrected chi connectivity index (χ2v) is 4.21. The van der Waals surface area contributed by atoms with Crippen LogP contribution >= 0.6 is 0 Å². The summed E-state index contributed by atoms with van der Waals surface area (Å²) in [5.74, 6) is 0.606. The molecule has 1 saturated heterocycles. The summed E-state index contributed by atoms with van der Waals surface area (Å²) in [6, 6.07) is 12.7. The molecule has 70 valence electrons. The van der Waals surface area contributed by atoms with Gasteiger partial charge < -0.3 is 4.74 Å². The van der Waals surface area contributed by atoms with Gasteiger partial charge in [0.05, 0.1) is 6.07 Å². The normalized spacial score (nSPS) is 38.8. The summed E-state index contributed by atoms with van der Waals surface area (Å²) in [6.45, 7) is 0. The number of nitrogens with zero attached hydrogens (tertiary/aromatic N) is 1. The van der Waals surface area contributed by atoms with Gasteiger partial charge in [-0.05, 0) is 24.3 Å². The fourth-order valence-electron chi connectivity index (χ4n) is 2.39. The Bertz CT molecular complexity index is 387. The van der Waals surface area contributed by atoms with Crippen LogP contribution in [0.25, 0.3) is 0 Å². The first-order valence-electron chi connectivity index (χ1n) is 4.96. The molecule has 14 heavy (non-hydrogen) atoms. The van der Waals surface area contributed by atoms with Crippen molar-refractivity contribution in [3.05, 3.63) is 35.9 Å². The maximum atomic E-state index is 8.69. The predicted molar refractivity (Wildman–Crippen MR) is 51.6 cm³/mol. The lowest BCUT2D eigenvalue weighted by Crippen LogP contribution is -2.32. The van der Waals surface area contributed by atoms with Gasteiger partial charge in [0.2, 0.25) is 0 Å². The fourth-order valence-corrected chi connectivity index (χ4v) is 2.39. The zero-order valence-electron chi connectivity index (χ0n) is 7.81. The Morgan fingerprint density at radius 1 is 1.29 bits per heavy atom. The first-order valence-corrected chi connectivity index (χ1v) is 4.96. The van der Waals surface area contributed by atoms with Crippen LogP contribution in [0.5, 0.6) is 0 Å². The van der Waals surface area contributed by atoms with E-state index in [0.29, 0.717) is 5.92 Å². The van der Waals surface area contributed by atoms with E-state index in [9.17, 15) is 0 Å². The molecule has 1 unspecified atom stereocenters. The van der Waals surface area contributed by atoms with Crippen LogP contribution in [0.1, 0.15) is 24.3 Å². The number of hydrogen-bond acceptors (Lipinski definition) is 2. The highest BCUT2D eigenvalue weighted by atomic mass is 16.6. The smallest absolute Gasteiger partial charge is 0.173 e. The van der Waals surface area contributed by atoms with E-state index in [1.54, 1.807) is 0 Å². The summed E-state index contributed by atoms with van der Waals surface area (Å²) < 4.78 is 5.38. The third-order valence-corrected chi connectivity index (χ3v) is 3.35. The van der Waals surface area contributed by atoms with Gasteiger partial charge in [-0.15, -0.1) is 0 Å². The van der Waals surface area contributed by atoms with Crippen molar-refractivity contribution in [3.63, 3.8) is 0 Å². The minimum atomic E-state index is -0.123. The monoisotopic (exact) mass is 185 g/mol. The standard InChI is InChI=1S/C12H11NO/c13-8-11-12(14-11)6-10(7-12)9-4-2-1-3-5-9/h1-5,10-11H,6-7H2. The number of ether oxygens (including phenoxy) is 1. The molecule has 0 bridgehead atoms. The second kappa shape index (κ2) is 2.59. The molecule has 1 aliphatic carbocycles. The molecule has 1 atom stereocenters. The highest BCUT2D eigenvalue weighted by Gasteiger charge is 2.64. The van der Waals surface area contributed by atoms with Gasteiger partial charge in [0.1, 0.15) is 5.60 Å². The number of epoxide rings is 1. The molecule has 2 aliphatic rings. The van der Waals surface area contributed by atoms with Crippen molar-refractivity contribution < 1.29 is 4.74 Å². The Hall–Kier alpha value is -1.33. The molecule has 1 aromatic carbocycles. The summed E-state index contributed by atoms with van der Waals surface area (Å²) in [6.07, 6.45) is 1.92. The molecule has 1 aliphatic heterocycles. The molecule has 2 fully saturated rings. The van der Waals surface area contributed by atoms with Crippen LogP contribution in [-0.4, -0.2) is 11.7 Å². The first kappa shape index (κ1) is 8.02. The van der Waals surface area contributed by atoms with E-state index in [-0.39, 0.29) is 11.7 Å². The Morgan fingerprint density at radius 3 is 2.57 bits per heavy atom. The Labute approximate surface area is 83.1 Å². The van der Waals surface area contributed by atoms with Gasteiger partial charge >= 0.3 is 0 Å². The van der Waals surface area contributed by atoms with Gasteiger partial charge in [-0.25, -0.2) is 0 Å². The molecule has 1 spiro atoms. The third kappa shape index (κ3) is 0.995. The lowest BCUT2D eigenvalue weighted by molar-refractivity contribution is 0.170. The molecule has 0 radical (unpaired) electrons. The summed E-state index contributed by atoms with van der Waals surface area (Å²) in [5, 5.41) is 8.69. The van der Waals surface area contributed by atoms with Gasteiger partial charge in [-0.2, -0.15) is 5.26 Å². The Kier molecular flexibility index (Phi) is 1.48. The summed E-state index contributed by atoms with van der Waals surface area (Å²) in [7, 11) is 0. The predicted octanol–water partition coefficient (Wildman–Crippen LogP) is 2.23. The highest BCUT2D eigenvalue weighted by Crippen LogP contribution is 2.58. The molecule has 1 saturated carbocycles. The largest absolute Gasteiger partial charge is 0.350 e. The van der Waals surface area contributed by atoms with E-state index in [4.69, 9.17) is 10.00 Å². The lowest BCUT2D eigenvalue weighted by Gasteiger charge is -2.33. The van der Waals surface area contributed by atoms with E-state index in [2.05, 4.69) is 30.3 Å². The van der Waals surface area contributed by atoms with Crippen molar-refractivity contribution in [2.24, 2.45) is 0 Å². The van der Waals surface area contributed by atoms with Crippen LogP contribution in [0.15, 0.2) is 30.3 Å². The van der Waals surface area contributed by atoms with Crippen LogP contribution < -0.4 is 0 Å². The van der Waals surface area contributed by atoms with Gasteiger partial charge in [0, 0.05) is 0 Å². The van der Waals surface area contributed by atoms with Crippen LogP contribution in [0.3, 0.4) is 0 Å². The second-order valence-electron chi connectivity index (χ2n) is 4.21. The van der Waals surface area contributed by atoms with Crippen LogP contribution in [0, 0.1) is 11.3 Å². The highest BCUT2D eigenvalue weighted by molar-refractivity contribution is 5.30. The molecule has 3 rings (SSSR count). The van der Waals surface area contributed by atoms with Gasteiger partial charge in [-0.3, -0.25) is 0 Å². The number of rotatable bonds is 1. The van der Waals surface area contributed by atoms with Crippen LogP contribution in [-0.2, 0) is 4.74 Å². The molecule has 2 heteroatoms. The Morgan fingerprint density at radius 2 is 2.00 bits per heavy atom. The number of hydrogen-bond donors (Lipinski definition) is 0. The first-order chi connectivity index (χ1) is 6.84. The average molecular weight is 185 g/mol. The zero-order valence-corrected chi connectivity index (χ0v) is 7.81. The molecular formula is C12H11NO. The third-order valence-electron chi connectivity index (χ3n) is 3.35.